The van der Waals surface area contributed by atoms with E-state index in [0.717, 1.165) is 29.6 Å². The Hall–Kier alpha value is -1.78. The van der Waals surface area contributed by atoms with Crippen LogP contribution in [0, 0.1) is 5.82 Å². The van der Waals surface area contributed by atoms with Crippen molar-refractivity contribution in [1.29, 1.82) is 0 Å². The number of thiophene rings is 1. The van der Waals surface area contributed by atoms with Gasteiger partial charge >= 0.3 is 0 Å². The number of aromatic nitrogens is 1. The second kappa shape index (κ2) is 6.33. The van der Waals surface area contributed by atoms with E-state index >= 15 is 0 Å². The molecule has 0 fully saturated rings. The summed E-state index contributed by atoms with van der Waals surface area (Å²) in [5.74, 6) is -0.208. The van der Waals surface area contributed by atoms with Gasteiger partial charge < -0.3 is 5.32 Å². The Morgan fingerprint density at radius 2 is 2.00 bits per heavy atom. The van der Waals surface area contributed by atoms with Crippen LogP contribution in [0.1, 0.15) is 30.5 Å². The lowest BCUT2D eigenvalue weighted by Gasteiger charge is -2.19. The maximum Gasteiger partial charge on any atom is 0.123 e. The number of nitrogens with one attached hydrogen (secondary N) is 1. The Kier molecular flexibility index (Phi) is 4.27. The second-order valence-electron chi connectivity index (χ2n) is 5.01. The molecule has 0 saturated carbocycles. The van der Waals surface area contributed by atoms with Crippen LogP contribution in [-0.4, -0.2) is 11.5 Å². The Bertz CT molecular complexity index is 721. The van der Waals surface area contributed by atoms with Gasteiger partial charge in [-0.15, -0.1) is 11.3 Å². The van der Waals surface area contributed by atoms with Crippen molar-refractivity contribution in [3.63, 3.8) is 0 Å². The van der Waals surface area contributed by atoms with E-state index in [0.29, 0.717) is 0 Å². The summed E-state index contributed by atoms with van der Waals surface area (Å²) in [4.78, 5) is 4.51. The highest BCUT2D eigenvalue weighted by Crippen LogP contribution is 2.27. The molecular formula is C17H17FN2S. The van der Waals surface area contributed by atoms with E-state index in [1.165, 1.54) is 16.8 Å². The Labute approximate surface area is 127 Å². The first-order chi connectivity index (χ1) is 10.3. The van der Waals surface area contributed by atoms with Gasteiger partial charge in [0.15, 0.2) is 0 Å². The van der Waals surface area contributed by atoms with Crippen LogP contribution in [0.5, 0.6) is 0 Å². The average molecular weight is 300 g/mol. The summed E-state index contributed by atoms with van der Waals surface area (Å²) >= 11 is 1.69. The molecule has 2 heterocycles. The molecule has 0 aliphatic heterocycles. The molecule has 1 atom stereocenters. The van der Waals surface area contributed by atoms with Crippen LogP contribution in [0.4, 0.5) is 4.39 Å². The number of fused-ring (bicyclic) bond motifs is 1. The zero-order valence-corrected chi connectivity index (χ0v) is 12.7. The lowest BCUT2D eigenvalue weighted by atomic mass is 10.00. The molecule has 0 spiro atoms. The monoisotopic (exact) mass is 300 g/mol. The summed E-state index contributed by atoms with van der Waals surface area (Å²) in [6.07, 6.45) is 2.96. The van der Waals surface area contributed by atoms with Crippen LogP contribution in [0.3, 0.4) is 0 Å². The number of benzene rings is 1. The largest absolute Gasteiger partial charge is 0.306 e. The maximum atomic E-state index is 13.1. The molecule has 108 valence electrons. The van der Waals surface area contributed by atoms with Crippen LogP contribution < -0.4 is 5.32 Å². The number of hydrogen-bond donors (Lipinski definition) is 1. The van der Waals surface area contributed by atoms with E-state index in [-0.39, 0.29) is 11.9 Å². The Balaban J connectivity index is 1.99. The Morgan fingerprint density at radius 1 is 1.19 bits per heavy atom. The molecule has 2 nitrogen and oxygen atoms in total. The first-order valence-corrected chi connectivity index (χ1v) is 7.98. The topological polar surface area (TPSA) is 24.9 Å². The van der Waals surface area contributed by atoms with E-state index in [1.807, 2.05) is 29.8 Å². The van der Waals surface area contributed by atoms with Crippen molar-refractivity contribution in [2.45, 2.75) is 19.4 Å². The van der Waals surface area contributed by atoms with E-state index in [4.69, 9.17) is 0 Å². The normalized spacial score (nSPS) is 12.7. The summed E-state index contributed by atoms with van der Waals surface area (Å²) in [5, 5.41) is 5.57. The molecular weight excluding hydrogens is 283 g/mol. The third-order valence-corrected chi connectivity index (χ3v) is 4.31. The lowest BCUT2D eigenvalue weighted by molar-refractivity contribution is 0.592. The zero-order chi connectivity index (χ0) is 14.7. The summed E-state index contributed by atoms with van der Waals surface area (Å²) in [5.41, 5.74) is 3.20. The van der Waals surface area contributed by atoms with Crippen LogP contribution in [0.15, 0.2) is 48.0 Å². The van der Waals surface area contributed by atoms with Gasteiger partial charge in [0.2, 0.25) is 0 Å². The highest BCUT2D eigenvalue weighted by Gasteiger charge is 2.14. The number of pyridine rings is 1. The number of hydrogen-bond acceptors (Lipinski definition) is 3. The maximum absolute atomic E-state index is 13.1. The number of nitrogens with zero attached hydrogens (tertiary/aromatic N) is 1. The van der Waals surface area contributed by atoms with Crippen molar-refractivity contribution in [3.8, 4) is 0 Å². The molecule has 0 saturated heterocycles. The van der Waals surface area contributed by atoms with E-state index < -0.39 is 0 Å². The van der Waals surface area contributed by atoms with Gasteiger partial charge in [-0.3, -0.25) is 4.98 Å². The fourth-order valence-electron chi connectivity index (χ4n) is 2.39. The molecule has 1 unspecified atom stereocenters. The molecule has 1 N–H and O–H groups in total. The molecule has 3 rings (SSSR count). The molecule has 0 bridgehead atoms. The molecule has 4 heteroatoms. The fourth-order valence-corrected chi connectivity index (χ4v) is 3.18. The van der Waals surface area contributed by atoms with Gasteiger partial charge in [-0.1, -0.05) is 19.1 Å². The second-order valence-corrected chi connectivity index (χ2v) is 5.96. The van der Waals surface area contributed by atoms with Crippen molar-refractivity contribution < 1.29 is 4.39 Å². The van der Waals surface area contributed by atoms with Gasteiger partial charge in [0.1, 0.15) is 5.82 Å². The average Bonchev–Trinajstić information content (AvgIpc) is 2.97. The van der Waals surface area contributed by atoms with E-state index in [1.54, 1.807) is 11.3 Å². The van der Waals surface area contributed by atoms with Crippen LogP contribution in [-0.2, 0) is 0 Å². The first kappa shape index (κ1) is 14.2. The van der Waals surface area contributed by atoms with Gasteiger partial charge in [-0.25, -0.2) is 4.39 Å². The molecule has 3 aromatic rings. The fraction of sp³-hybridized carbons (Fsp3) is 0.235. The SMILES string of the molecule is CCCNC(c1ccc(F)cc1)c1cnc2ccsc2c1. The van der Waals surface area contributed by atoms with Crippen molar-refractivity contribution in [1.82, 2.24) is 10.3 Å². The minimum absolute atomic E-state index is 0.0459. The predicted molar refractivity (Wildman–Crippen MR) is 86.2 cm³/mol. The summed E-state index contributed by atoms with van der Waals surface area (Å²) < 4.78 is 14.3. The standard InChI is InChI=1S/C17H17FN2S/c1-2-8-19-17(12-3-5-14(18)6-4-12)13-10-16-15(20-11-13)7-9-21-16/h3-7,9-11,17,19H,2,8H2,1H3. The minimum atomic E-state index is -0.208. The van der Waals surface area contributed by atoms with Crippen LogP contribution in [0.2, 0.25) is 0 Å². The number of rotatable bonds is 5. The van der Waals surface area contributed by atoms with Crippen molar-refractivity contribution >= 4 is 21.6 Å². The zero-order valence-electron chi connectivity index (χ0n) is 11.8. The minimum Gasteiger partial charge on any atom is -0.306 e. The summed E-state index contributed by atoms with van der Waals surface area (Å²) in [7, 11) is 0. The molecule has 0 amide bonds. The molecule has 21 heavy (non-hydrogen) atoms. The third kappa shape index (κ3) is 3.12. The summed E-state index contributed by atoms with van der Waals surface area (Å²) in [6.45, 7) is 3.04. The smallest absolute Gasteiger partial charge is 0.123 e. The van der Waals surface area contributed by atoms with Crippen molar-refractivity contribution in [2.75, 3.05) is 6.54 Å². The van der Waals surface area contributed by atoms with Gasteiger partial charge in [0, 0.05) is 6.20 Å². The van der Waals surface area contributed by atoms with Crippen molar-refractivity contribution in [3.05, 3.63) is 64.9 Å². The van der Waals surface area contributed by atoms with Gasteiger partial charge in [-0.2, -0.15) is 0 Å². The highest BCUT2D eigenvalue weighted by molar-refractivity contribution is 7.17. The molecule has 2 aromatic heterocycles. The third-order valence-electron chi connectivity index (χ3n) is 3.46. The lowest BCUT2D eigenvalue weighted by Crippen LogP contribution is -2.23. The Morgan fingerprint density at radius 3 is 2.76 bits per heavy atom. The van der Waals surface area contributed by atoms with Crippen molar-refractivity contribution in [2.24, 2.45) is 0 Å². The van der Waals surface area contributed by atoms with Gasteiger partial charge in [0.05, 0.1) is 16.3 Å². The van der Waals surface area contributed by atoms with E-state index in [2.05, 4.69) is 23.3 Å². The number of halogens is 1. The quantitative estimate of drug-likeness (QED) is 0.749. The first-order valence-electron chi connectivity index (χ1n) is 7.10. The predicted octanol–water partition coefficient (Wildman–Crippen LogP) is 4.52. The van der Waals surface area contributed by atoms with Crippen LogP contribution >= 0.6 is 11.3 Å². The van der Waals surface area contributed by atoms with Gasteiger partial charge in [-0.05, 0) is 53.7 Å². The van der Waals surface area contributed by atoms with E-state index in [9.17, 15) is 4.39 Å². The molecule has 0 radical (unpaired) electrons. The molecule has 0 aliphatic rings. The molecule has 0 aliphatic carbocycles. The highest BCUT2D eigenvalue weighted by atomic mass is 32.1. The van der Waals surface area contributed by atoms with Crippen LogP contribution in [0.25, 0.3) is 10.2 Å². The molecule has 1 aromatic carbocycles. The van der Waals surface area contributed by atoms with Gasteiger partial charge in [0.25, 0.3) is 0 Å². The summed E-state index contributed by atoms with van der Waals surface area (Å²) in [6, 6.07) is 10.9.